The minimum atomic E-state index is -0.560. The molecule has 1 atom stereocenters. The van der Waals surface area contributed by atoms with Crippen molar-refractivity contribution in [2.75, 3.05) is 6.61 Å². The topological polar surface area (TPSA) is 108 Å². The minimum Gasteiger partial charge on any atom is -0.482 e. The average molecular weight is 459 g/mol. The SMILES string of the molecule is Cc1ccc(C2C(C#N)=C(N)Oc3cc(OC(=O)COc4ccc(C(C)(C)C)cc4)ccc32)o1. The number of aryl methyl sites for hydroxylation is 1. The Hall–Kier alpha value is -4.18. The van der Waals surface area contributed by atoms with Gasteiger partial charge in [-0.05, 0) is 48.2 Å². The number of nitrogens with zero attached hydrogens (tertiary/aromatic N) is 1. The Balaban J connectivity index is 1.47. The van der Waals surface area contributed by atoms with Gasteiger partial charge in [-0.2, -0.15) is 5.26 Å². The third-order valence-electron chi connectivity index (χ3n) is 5.54. The number of rotatable bonds is 5. The van der Waals surface area contributed by atoms with Crippen molar-refractivity contribution in [3.05, 3.63) is 88.7 Å². The van der Waals surface area contributed by atoms with Gasteiger partial charge in [0.2, 0.25) is 5.88 Å². The standard InChI is InChI=1S/C27H26N2O5/c1-16-5-12-22(32-16)25-20-11-10-19(13-23(20)34-26(29)21(25)14-28)33-24(30)15-31-18-8-6-17(7-9-18)27(2,3)4/h5-13,25H,15,29H2,1-4H3. The first-order chi connectivity index (χ1) is 16.2. The molecule has 0 bridgehead atoms. The zero-order valence-corrected chi connectivity index (χ0v) is 19.5. The van der Waals surface area contributed by atoms with Crippen LogP contribution in [0.5, 0.6) is 17.2 Å². The van der Waals surface area contributed by atoms with E-state index in [0.29, 0.717) is 22.8 Å². The number of ether oxygens (including phenoxy) is 3. The fourth-order valence-corrected chi connectivity index (χ4v) is 3.75. The van der Waals surface area contributed by atoms with E-state index in [1.165, 1.54) is 5.56 Å². The van der Waals surface area contributed by atoms with Crippen LogP contribution in [-0.2, 0) is 10.2 Å². The van der Waals surface area contributed by atoms with Gasteiger partial charge in [0, 0.05) is 11.6 Å². The highest BCUT2D eigenvalue weighted by Gasteiger charge is 2.33. The molecule has 0 fully saturated rings. The van der Waals surface area contributed by atoms with Gasteiger partial charge in [0.25, 0.3) is 0 Å². The summed E-state index contributed by atoms with van der Waals surface area (Å²) in [5.74, 6) is 1.46. The first kappa shape index (κ1) is 23.0. The number of carbonyl (C=O) groups excluding carboxylic acids is 1. The first-order valence-electron chi connectivity index (χ1n) is 10.9. The number of nitrogens with two attached hydrogens (primary N) is 1. The van der Waals surface area contributed by atoms with E-state index in [1.54, 1.807) is 24.3 Å². The van der Waals surface area contributed by atoms with Gasteiger partial charge in [0.15, 0.2) is 6.61 Å². The molecule has 2 N–H and O–H groups in total. The van der Waals surface area contributed by atoms with Crippen LogP contribution in [0.25, 0.3) is 0 Å². The fraction of sp³-hybridized carbons (Fsp3) is 0.259. The van der Waals surface area contributed by atoms with Crippen LogP contribution in [0.3, 0.4) is 0 Å². The molecule has 1 unspecified atom stereocenters. The van der Waals surface area contributed by atoms with Gasteiger partial charge in [-0.25, -0.2) is 4.79 Å². The van der Waals surface area contributed by atoms with Crippen LogP contribution in [0.4, 0.5) is 0 Å². The van der Waals surface area contributed by atoms with Gasteiger partial charge < -0.3 is 24.4 Å². The third-order valence-corrected chi connectivity index (χ3v) is 5.54. The van der Waals surface area contributed by atoms with E-state index in [0.717, 1.165) is 5.76 Å². The van der Waals surface area contributed by atoms with Crippen LogP contribution in [0, 0.1) is 18.3 Å². The number of nitriles is 1. The van der Waals surface area contributed by atoms with E-state index >= 15 is 0 Å². The van der Waals surface area contributed by atoms with Crippen LogP contribution in [-0.4, -0.2) is 12.6 Å². The van der Waals surface area contributed by atoms with Gasteiger partial charge in [-0.1, -0.05) is 39.0 Å². The Labute approximate surface area is 198 Å². The maximum atomic E-state index is 12.4. The molecule has 7 heteroatoms. The molecule has 1 aliphatic rings. The molecule has 174 valence electrons. The van der Waals surface area contributed by atoms with Gasteiger partial charge in [-0.15, -0.1) is 0 Å². The van der Waals surface area contributed by atoms with Crippen molar-refractivity contribution >= 4 is 5.97 Å². The fourth-order valence-electron chi connectivity index (χ4n) is 3.75. The van der Waals surface area contributed by atoms with E-state index < -0.39 is 11.9 Å². The normalized spacial score (nSPS) is 15.2. The lowest BCUT2D eigenvalue weighted by molar-refractivity contribution is -0.136. The van der Waals surface area contributed by atoms with Crippen LogP contribution in [0.1, 0.15) is 49.3 Å². The highest BCUT2D eigenvalue weighted by molar-refractivity contribution is 5.74. The van der Waals surface area contributed by atoms with Crippen molar-refractivity contribution in [3.8, 4) is 23.3 Å². The van der Waals surface area contributed by atoms with Crippen molar-refractivity contribution in [1.82, 2.24) is 0 Å². The molecular weight excluding hydrogens is 432 g/mol. The Bertz CT molecular complexity index is 1290. The summed E-state index contributed by atoms with van der Waals surface area (Å²) < 4.78 is 22.4. The zero-order valence-electron chi connectivity index (χ0n) is 19.5. The second-order valence-corrected chi connectivity index (χ2v) is 9.11. The average Bonchev–Trinajstić information content (AvgIpc) is 3.22. The van der Waals surface area contributed by atoms with Crippen LogP contribution >= 0.6 is 0 Å². The lowest BCUT2D eigenvalue weighted by Gasteiger charge is -2.25. The van der Waals surface area contributed by atoms with E-state index in [9.17, 15) is 10.1 Å². The molecule has 2 heterocycles. The van der Waals surface area contributed by atoms with Crippen molar-refractivity contribution < 1.29 is 23.4 Å². The van der Waals surface area contributed by atoms with Crippen molar-refractivity contribution in [2.24, 2.45) is 5.73 Å². The predicted octanol–water partition coefficient (Wildman–Crippen LogP) is 5.09. The van der Waals surface area contributed by atoms with E-state index in [1.807, 2.05) is 37.3 Å². The summed E-state index contributed by atoms with van der Waals surface area (Å²) >= 11 is 0. The highest BCUT2D eigenvalue weighted by atomic mass is 16.6. The second-order valence-electron chi connectivity index (χ2n) is 9.11. The molecule has 0 saturated carbocycles. The Morgan fingerprint density at radius 1 is 1.09 bits per heavy atom. The predicted molar refractivity (Wildman–Crippen MR) is 125 cm³/mol. The summed E-state index contributed by atoms with van der Waals surface area (Å²) in [7, 11) is 0. The highest BCUT2D eigenvalue weighted by Crippen LogP contribution is 2.43. The Kier molecular flexibility index (Phi) is 6.08. The third kappa shape index (κ3) is 4.76. The molecule has 2 aromatic carbocycles. The van der Waals surface area contributed by atoms with Crippen LogP contribution in [0.15, 0.2) is 70.5 Å². The molecule has 1 aliphatic heterocycles. The maximum Gasteiger partial charge on any atom is 0.349 e. The molecule has 4 rings (SSSR count). The number of benzene rings is 2. The van der Waals surface area contributed by atoms with E-state index in [2.05, 4.69) is 26.8 Å². The Morgan fingerprint density at radius 3 is 2.41 bits per heavy atom. The number of allylic oxidation sites excluding steroid dienone is 1. The molecular formula is C27H26N2O5. The number of hydrogen-bond acceptors (Lipinski definition) is 7. The zero-order chi connectivity index (χ0) is 24.5. The van der Waals surface area contributed by atoms with Crippen LogP contribution < -0.4 is 19.9 Å². The summed E-state index contributed by atoms with van der Waals surface area (Å²) in [5, 5.41) is 9.61. The molecule has 7 nitrogen and oxygen atoms in total. The number of fused-ring (bicyclic) bond motifs is 1. The number of esters is 1. The largest absolute Gasteiger partial charge is 0.482 e. The summed E-state index contributed by atoms with van der Waals surface area (Å²) in [6.07, 6.45) is 0. The number of hydrogen-bond donors (Lipinski definition) is 1. The van der Waals surface area contributed by atoms with Gasteiger partial charge >= 0.3 is 5.97 Å². The molecule has 0 amide bonds. The molecule has 0 saturated heterocycles. The molecule has 0 spiro atoms. The van der Waals surface area contributed by atoms with Crippen molar-refractivity contribution in [2.45, 2.75) is 39.0 Å². The van der Waals surface area contributed by atoms with Crippen molar-refractivity contribution in [1.29, 1.82) is 5.26 Å². The monoisotopic (exact) mass is 458 g/mol. The lowest BCUT2D eigenvalue weighted by atomic mass is 9.87. The Morgan fingerprint density at radius 2 is 1.79 bits per heavy atom. The van der Waals surface area contributed by atoms with E-state index in [4.69, 9.17) is 24.4 Å². The summed E-state index contributed by atoms with van der Waals surface area (Å²) in [4.78, 5) is 12.4. The molecule has 0 aliphatic carbocycles. The summed E-state index contributed by atoms with van der Waals surface area (Å²) in [6.45, 7) is 7.97. The summed E-state index contributed by atoms with van der Waals surface area (Å²) in [6, 6.07) is 18.3. The smallest absolute Gasteiger partial charge is 0.349 e. The van der Waals surface area contributed by atoms with Gasteiger partial charge in [0.05, 0.1) is 5.92 Å². The van der Waals surface area contributed by atoms with Gasteiger partial charge in [0.1, 0.15) is 40.4 Å². The molecule has 34 heavy (non-hydrogen) atoms. The molecule has 0 radical (unpaired) electrons. The molecule has 1 aromatic heterocycles. The number of carbonyl (C=O) groups is 1. The molecule has 3 aromatic rings. The second kappa shape index (κ2) is 8.99. The minimum absolute atomic E-state index is 0.0143. The lowest BCUT2D eigenvalue weighted by Crippen LogP contribution is -2.21. The van der Waals surface area contributed by atoms with Gasteiger partial charge in [-0.3, -0.25) is 0 Å². The van der Waals surface area contributed by atoms with E-state index in [-0.39, 0.29) is 29.2 Å². The van der Waals surface area contributed by atoms with Crippen LogP contribution in [0.2, 0.25) is 0 Å². The summed E-state index contributed by atoms with van der Waals surface area (Å²) in [5.41, 5.74) is 8.17. The quantitative estimate of drug-likeness (QED) is 0.419. The van der Waals surface area contributed by atoms with Crippen molar-refractivity contribution in [3.63, 3.8) is 0 Å². The number of furan rings is 1. The first-order valence-corrected chi connectivity index (χ1v) is 10.9. The maximum absolute atomic E-state index is 12.4.